The van der Waals surface area contributed by atoms with E-state index >= 15 is 0 Å². The van der Waals surface area contributed by atoms with Crippen molar-refractivity contribution in [3.8, 4) is 0 Å². The molecule has 1 atom stereocenters. The van der Waals surface area contributed by atoms with Crippen LogP contribution in [0, 0.1) is 0 Å². The highest BCUT2D eigenvalue weighted by Crippen LogP contribution is 2.18. The summed E-state index contributed by atoms with van der Waals surface area (Å²) in [4.78, 5) is 6.63. The van der Waals surface area contributed by atoms with Crippen molar-refractivity contribution in [2.24, 2.45) is 5.73 Å². The number of nitrogens with zero attached hydrogens (tertiary/aromatic N) is 2. The standard InChI is InChI=1S/C16H20BrN3/c1-3-15(18)16-9-8-14(10-19-16)20(2)11-12-4-6-13(17)7-5-12/h4-10,15H,3,11,18H2,1-2H3/t15-/m1/s1. The van der Waals surface area contributed by atoms with E-state index in [1.54, 1.807) is 0 Å². The Morgan fingerprint density at radius 2 is 1.90 bits per heavy atom. The molecule has 4 heteroatoms. The Kier molecular flexibility index (Phi) is 5.15. The van der Waals surface area contributed by atoms with Crippen molar-refractivity contribution in [2.75, 3.05) is 11.9 Å². The third-order valence-corrected chi connectivity index (χ3v) is 3.89. The number of pyridine rings is 1. The predicted octanol–water partition coefficient (Wildman–Crippen LogP) is 3.89. The van der Waals surface area contributed by atoms with Gasteiger partial charge in [-0.2, -0.15) is 0 Å². The molecular formula is C16H20BrN3. The quantitative estimate of drug-likeness (QED) is 0.902. The summed E-state index contributed by atoms with van der Waals surface area (Å²) in [5.74, 6) is 0. The first kappa shape index (κ1) is 15.0. The zero-order chi connectivity index (χ0) is 14.5. The molecule has 0 aliphatic heterocycles. The third kappa shape index (κ3) is 3.81. The second-order valence-electron chi connectivity index (χ2n) is 4.94. The minimum atomic E-state index is 0.0285. The lowest BCUT2D eigenvalue weighted by Gasteiger charge is -2.20. The van der Waals surface area contributed by atoms with Gasteiger partial charge in [-0.15, -0.1) is 0 Å². The molecule has 3 nitrogen and oxygen atoms in total. The van der Waals surface area contributed by atoms with E-state index in [2.05, 4.69) is 70.1 Å². The van der Waals surface area contributed by atoms with E-state index in [1.165, 1.54) is 5.56 Å². The number of rotatable bonds is 5. The molecule has 0 bridgehead atoms. The molecule has 1 aromatic heterocycles. The van der Waals surface area contributed by atoms with E-state index in [1.807, 2.05) is 12.3 Å². The van der Waals surface area contributed by atoms with Crippen LogP contribution in [0.1, 0.15) is 30.6 Å². The summed E-state index contributed by atoms with van der Waals surface area (Å²) in [5, 5.41) is 0. The highest BCUT2D eigenvalue weighted by atomic mass is 79.9. The van der Waals surface area contributed by atoms with Gasteiger partial charge in [-0.1, -0.05) is 35.0 Å². The summed E-state index contributed by atoms with van der Waals surface area (Å²) < 4.78 is 1.10. The molecule has 0 aliphatic carbocycles. The van der Waals surface area contributed by atoms with E-state index in [-0.39, 0.29) is 6.04 Å². The summed E-state index contributed by atoms with van der Waals surface area (Å²) >= 11 is 3.45. The molecule has 0 fully saturated rings. The second-order valence-corrected chi connectivity index (χ2v) is 5.85. The average molecular weight is 334 g/mol. The number of hydrogen-bond acceptors (Lipinski definition) is 3. The van der Waals surface area contributed by atoms with Gasteiger partial charge in [0.25, 0.3) is 0 Å². The van der Waals surface area contributed by atoms with Gasteiger partial charge in [0, 0.05) is 24.1 Å². The van der Waals surface area contributed by atoms with Crippen molar-refractivity contribution in [3.05, 3.63) is 58.3 Å². The highest BCUT2D eigenvalue weighted by molar-refractivity contribution is 9.10. The van der Waals surface area contributed by atoms with E-state index in [0.717, 1.165) is 28.8 Å². The predicted molar refractivity (Wildman–Crippen MR) is 87.7 cm³/mol. The fraction of sp³-hybridized carbons (Fsp3) is 0.312. The van der Waals surface area contributed by atoms with E-state index in [0.29, 0.717) is 0 Å². The van der Waals surface area contributed by atoms with Gasteiger partial charge in [0.1, 0.15) is 0 Å². The monoisotopic (exact) mass is 333 g/mol. The maximum absolute atomic E-state index is 5.98. The van der Waals surface area contributed by atoms with Crippen LogP contribution in [0.4, 0.5) is 5.69 Å². The Balaban J connectivity index is 2.05. The zero-order valence-corrected chi connectivity index (χ0v) is 13.5. The van der Waals surface area contributed by atoms with Gasteiger partial charge in [-0.05, 0) is 36.2 Å². The molecule has 20 heavy (non-hydrogen) atoms. The average Bonchev–Trinajstić information content (AvgIpc) is 2.49. The van der Waals surface area contributed by atoms with Gasteiger partial charge >= 0.3 is 0 Å². The van der Waals surface area contributed by atoms with Crippen LogP contribution in [0.25, 0.3) is 0 Å². The minimum Gasteiger partial charge on any atom is -0.369 e. The maximum Gasteiger partial charge on any atom is 0.0572 e. The van der Waals surface area contributed by atoms with E-state index in [9.17, 15) is 0 Å². The molecule has 0 unspecified atom stereocenters. The Morgan fingerprint density at radius 3 is 2.45 bits per heavy atom. The summed E-state index contributed by atoms with van der Waals surface area (Å²) in [6.45, 7) is 2.92. The van der Waals surface area contributed by atoms with Crippen LogP contribution in [0.15, 0.2) is 47.1 Å². The van der Waals surface area contributed by atoms with E-state index < -0.39 is 0 Å². The number of anilines is 1. The number of hydrogen-bond donors (Lipinski definition) is 1. The Hall–Kier alpha value is -1.39. The van der Waals surface area contributed by atoms with Gasteiger partial charge in [0.15, 0.2) is 0 Å². The Morgan fingerprint density at radius 1 is 1.20 bits per heavy atom. The van der Waals surface area contributed by atoms with Crippen LogP contribution < -0.4 is 10.6 Å². The SMILES string of the molecule is CC[C@@H](N)c1ccc(N(C)Cc2ccc(Br)cc2)cn1. The van der Waals surface area contributed by atoms with Crippen LogP contribution >= 0.6 is 15.9 Å². The van der Waals surface area contributed by atoms with Crippen molar-refractivity contribution >= 4 is 21.6 Å². The molecule has 0 radical (unpaired) electrons. The molecule has 0 aliphatic rings. The number of nitrogens with two attached hydrogens (primary N) is 1. The molecule has 2 N–H and O–H groups in total. The molecule has 106 valence electrons. The van der Waals surface area contributed by atoms with Crippen molar-refractivity contribution in [1.82, 2.24) is 4.98 Å². The molecule has 0 saturated heterocycles. The smallest absolute Gasteiger partial charge is 0.0572 e. The minimum absolute atomic E-state index is 0.0285. The molecule has 2 rings (SSSR count). The normalized spacial score (nSPS) is 12.2. The summed E-state index contributed by atoms with van der Waals surface area (Å²) in [5.41, 5.74) is 9.30. The van der Waals surface area contributed by atoms with E-state index in [4.69, 9.17) is 5.73 Å². The lowest BCUT2D eigenvalue weighted by Crippen LogP contribution is -2.17. The first-order valence-corrected chi connectivity index (χ1v) is 7.56. The van der Waals surface area contributed by atoms with Gasteiger partial charge < -0.3 is 10.6 Å². The Labute approximate surface area is 129 Å². The lowest BCUT2D eigenvalue weighted by molar-refractivity contribution is 0.675. The van der Waals surface area contributed by atoms with Crippen LogP contribution in [0.3, 0.4) is 0 Å². The Bertz CT molecular complexity index is 537. The summed E-state index contributed by atoms with van der Waals surface area (Å²) in [6, 6.07) is 12.5. The number of benzene rings is 1. The van der Waals surface area contributed by atoms with Crippen molar-refractivity contribution in [1.29, 1.82) is 0 Å². The van der Waals surface area contributed by atoms with Gasteiger partial charge in [0.05, 0.1) is 17.6 Å². The zero-order valence-electron chi connectivity index (χ0n) is 11.9. The third-order valence-electron chi connectivity index (χ3n) is 3.36. The lowest BCUT2D eigenvalue weighted by atomic mass is 10.1. The number of aromatic nitrogens is 1. The molecule has 1 aromatic carbocycles. The molecule has 0 spiro atoms. The van der Waals surface area contributed by atoms with Crippen molar-refractivity contribution < 1.29 is 0 Å². The second kappa shape index (κ2) is 6.86. The highest BCUT2D eigenvalue weighted by Gasteiger charge is 2.07. The van der Waals surface area contributed by atoms with Gasteiger partial charge in [0.2, 0.25) is 0 Å². The summed E-state index contributed by atoms with van der Waals surface area (Å²) in [6.07, 6.45) is 2.80. The summed E-state index contributed by atoms with van der Waals surface area (Å²) in [7, 11) is 2.07. The maximum atomic E-state index is 5.98. The van der Waals surface area contributed by atoms with Crippen LogP contribution in [0.2, 0.25) is 0 Å². The van der Waals surface area contributed by atoms with Crippen molar-refractivity contribution in [3.63, 3.8) is 0 Å². The molecule has 1 heterocycles. The van der Waals surface area contributed by atoms with Crippen LogP contribution in [0.5, 0.6) is 0 Å². The van der Waals surface area contributed by atoms with Crippen molar-refractivity contribution in [2.45, 2.75) is 25.9 Å². The molecule has 0 saturated carbocycles. The first-order chi connectivity index (χ1) is 9.60. The topological polar surface area (TPSA) is 42.1 Å². The first-order valence-electron chi connectivity index (χ1n) is 6.77. The van der Waals surface area contributed by atoms with Crippen LogP contribution in [-0.4, -0.2) is 12.0 Å². The molecular weight excluding hydrogens is 314 g/mol. The number of halogens is 1. The fourth-order valence-electron chi connectivity index (χ4n) is 2.01. The van der Waals surface area contributed by atoms with Gasteiger partial charge in [-0.3, -0.25) is 4.98 Å². The molecule has 0 amide bonds. The van der Waals surface area contributed by atoms with Crippen LogP contribution in [-0.2, 0) is 6.54 Å². The molecule has 2 aromatic rings. The fourth-order valence-corrected chi connectivity index (χ4v) is 2.27. The largest absolute Gasteiger partial charge is 0.369 e. The van der Waals surface area contributed by atoms with Gasteiger partial charge in [-0.25, -0.2) is 0 Å².